The molecular weight excluding hydrogens is 646 g/mol. The number of anilines is 1. The van der Waals surface area contributed by atoms with Gasteiger partial charge in [-0.15, -0.1) is 23.1 Å². The van der Waals surface area contributed by atoms with Gasteiger partial charge >= 0.3 is 18.0 Å². The Morgan fingerprint density at radius 1 is 1.26 bits per heavy atom. The molecule has 2 aliphatic rings. The van der Waals surface area contributed by atoms with E-state index >= 15 is 0 Å². The molecule has 46 heavy (non-hydrogen) atoms. The molecule has 2 atom stereocenters. The molecule has 0 saturated carbocycles. The van der Waals surface area contributed by atoms with Crippen LogP contribution in [0.3, 0.4) is 0 Å². The lowest BCUT2D eigenvalue weighted by Crippen LogP contribution is -2.71. The molecule has 4 N–H and O–H groups in total. The Morgan fingerprint density at radius 2 is 2.00 bits per heavy atom. The molecule has 1 saturated heterocycles. The predicted molar refractivity (Wildman–Crippen MR) is 167 cm³/mol. The maximum absolute atomic E-state index is 13.2. The average molecular weight is 676 g/mol. The lowest BCUT2D eigenvalue weighted by molar-refractivity contribution is -0.150. The van der Waals surface area contributed by atoms with E-state index in [0.29, 0.717) is 11.1 Å². The molecule has 0 unspecified atom stereocenters. The number of aliphatic carboxylic acids is 2. The Labute approximate surface area is 270 Å². The molecular formula is C27H29N7O10S2. The van der Waals surface area contributed by atoms with Crippen molar-refractivity contribution in [1.29, 1.82) is 0 Å². The van der Waals surface area contributed by atoms with Crippen LogP contribution < -0.4 is 10.6 Å². The largest absolute Gasteiger partial charge is 0.479 e. The molecule has 244 valence electrons. The van der Waals surface area contributed by atoms with Crippen molar-refractivity contribution in [2.24, 2.45) is 10.1 Å². The third-order valence-electron chi connectivity index (χ3n) is 5.95. The van der Waals surface area contributed by atoms with Crippen LogP contribution in [0.1, 0.15) is 12.6 Å². The number of nitrogens with zero attached hydrogens (tertiary/aromatic N) is 5. The monoisotopic (exact) mass is 675 g/mol. The lowest BCUT2D eigenvalue weighted by atomic mass is 10.0. The van der Waals surface area contributed by atoms with Crippen molar-refractivity contribution >= 4 is 75.9 Å². The van der Waals surface area contributed by atoms with Crippen molar-refractivity contribution in [3.05, 3.63) is 58.8 Å². The number of rotatable bonds is 14. The van der Waals surface area contributed by atoms with Crippen molar-refractivity contribution in [3.63, 3.8) is 0 Å². The molecule has 19 heteroatoms. The highest BCUT2D eigenvalue weighted by Gasteiger charge is 2.54. The number of thiazole rings is 1. The summed E-state index contributed by atoms with van der Waals surface area (Å²) in [5, 5.41) is 27.4. The smallest absolute Gasteiger partial charge is 0.415 e. The second-order valence-electron chi connectivity index (χ2n) is 9.21. The highest BCUT2D eigenvalue weighted by molar-refractivity contribution is 8.00. The second-order valence-corrected chi connectivity index (χ2v) is 11.2. The van der Waals surface area contributed by atoms with Gasteiger partial charge in [0.15, 0.2) is 17.6 Å². The van der Waals surface area contributed by atoms with Crippen LogP contribution >= 0.6 is 23.1 Å². The molecule has 0 bridgehead atoms. The fraction of sp³-hybridized carbons (Fsp3) is 0.296. The fourth-order valence-corrected chi connectivity index (χ4v) is 5.85. The Kier molecular flexibility index (Phi) is 12.3. The van der Waals surface area contributed by atoms with Crippen LogP contribution in [0.2, 0.25) is 0 Å². The van der Waals surface area contributed by atoms with Crippen LogP contribution in [0.25, 0.3) is 0 Å². The minimum atomic E-state index is -1.37. The number of amides is 4. The van der Waals surface area contributed by atoms with Crippen LogP contribution in [0, 0.1) is 0 Å². The van der Waals surface area contributed by atoms with Gasteiger partial charge in [-0.2, -0.15) is 0 Å². The van der Waals surface area contributed by atoms with Crippen LogP contribution in [0.5, 0.6) is 0 Å². The molecule has 0 spiro atoms. The van der Waals surface area contributed by atoms with Gasteiger partial charge in [-0.25, -0.2) is 19.4 Å². The van der Waals surface area contributed by atoms with E-state index in [2.05, 4.69) is 32.3 Å². The zero-order valence-corrected chi connectivity index (χ0v) is 26.3. The number of allylic oxidation sites excluding steroid dienone is 3. The lowest BCUT2D eigenvalue weighted by Gasteiger charge is -2.49. The first-order valence-electron chi connectivity index (χ1n) is 13.1. The topological polar surface area (TPSA) is 229 Å². The quantitative estimate of drug-likeness (QED) is 0.0713. The van der Waals surface area contributed by atoms with E-state index in [-0.39, 0.29) is 34.9 Å². The van der Waals surface area contributed by atoms with Crippen LogP contribution in [0.4, 0.5) is 9.93 Å². The van der Waals surface area contributed by atoms with Gasteiger partial charge in [0, 0.05) is 37.0 Å². The van der Waals surface area contributed by atoms with Gasteiger partial charge in [-0.3, -0.25) is 29.6 Å². The molecule has 1 aromatic rings. The Morgan fingerprint density at radius 3 is 2.63 bits per heavy atom. The van der Waals surface area contributed by atoms with Gasteiger partial charge in [0.2, 0.25) is 6.61 Å². The van der Waals surface area contributed by atoms with Crippen molar-refractivity contribution in [1.82, 2.24) is 20.1 Å². The van der Waals surface area contributed by atoms with Crippen molar-refractivity contribution in [2.45, 2.75) is 18.3 Å². The number of hydrogen-bond acceptors (Lipinski definition) is 13. The summed E-state index contributed by atoms with van der Waals surface area (Å²) >= 11 is 2.10. The van der Waals surface area contributed by atoms with Gasteiger partial charge in [0.05, 0.1) is 0 Å². The number of carbonyl (C=O) groups excluding carboxylic acids is 4. The summed E-state index contributed by atoms with van der Waals surface area (Å²) in [4.78, 5) is 88.1. The number of carbonyl (C=O) groups is 6. The van der Waals surface area contributed by atoms with Gasteiger partial charge in [-0.05, 0) is 24.6 Å². The van der Waals surface area contributed by atoms with Crippen molar-refractivity contribution < 1.29 is 48.6 Å². The van der Waals surface area contributed by atoms with E-state index < -0.39 is 53.6 Å². The van der Waals surface area contributed by atoms with Gasteiger partial charge < -0.3 is 30.0 Å². The number of oxime groups is 1. The summed E-state index contributed by atoms with van der Waals surface area (Å²) < 4.78 is 4.95. The number of carboxylic acids is 2. The number of thioether (sulfide) groups is 1. The number of ether oxygens (including phenoxy) is 1. The number of aliphatic imine (C=N–C) groups is 1. The third-order valence-corrected chi connectivity index (χ3v) is 8.01. The number of aromatic nitrogens is 1. The van der Waals surface area contributed by atoms with Gasteiger partial charge in [0.1, 0.15) is 22.8 Å². The molecule has 3 heterocycles. The first kappa shape index (κ1) is 35.2. The fourth-order valence-electron chi connectivity index (χ4n) is 3.82. The number of fused-ring (bicyclic) bond motifs is 1. The minimum absolute atomic E-state index is 0.0237. The molecule has 1 aromatic heterocycles. The van der Waals surface area contributed by atoms with E-state index in [1.54, 1.807) is 33.2 Å². The number of carboxylic acid groups (broad SMARTS) is 2. The first-order chi connectivity index (χ1) is 21.9. The zero-order chi connectivity index (χ0) is 34.0. The zero-order valence-electron chi connectivity index (χ0n) is 24.7. The molecule has 0 radical (unpaired) electrons. The van der Waals surface area contributed by atoms with Gasteiger partial charge in [0.25, 0.3) is 17.7 Å². The molecule has 2 aliphatic heterocycles. The molecule has 17 nitrogen and oxygen atoms in total. The number of nitrogens with one attached hydrogen (secondary N) is 2. The molecule has 0 aromatic carbocycles. The summed E-state index contributed by atoms with van der Waals surface area (Å²) in [6, 6.07) is -1.12. The van der Waals surface area contributed by atoms with Crippen LogP contribution in [-0.2, 0) is 33.5 Å². The molecule has 4 amide bonds. The second kappa shape index (κ2) is 16.1. The molecule has 0 aliphatic carbocycles. The average Bonchev–Trinajstić information content (AvgIpc) is 3.47. The summed E-state index contributed by atoms with van der Waals surface area (Å²) in [6.45, 7) is 4.04. The maximum Gasteiger partial charge on any atom is 0.415 e. The highest BCUT2D eigenvalue weighted by Crippen LogP contribution is 2.40. The molecule has 1 fully saturated rings. The summed E-state index contributed by atoms with van der Waals surface area (Å²) in [6.07, 6.45) is 6.45. The van der Waals surface area contributed by atoms with Crippen molar-refractivity contribution in [3.8, 4) is 0 Å². The summed E-state index contributed by atoms with van der Waals surface area (Å²) in [7, 11) is 3.25. The number of hydrogen-bond donors (Lipinski definition) is 4. The van der Waals surface area contributed by atoms with Crippen LogP contribution in [0.15, 0.2) is 63.3 Å². The predicted octanol–water partition coefficient (Wildman–Crippen LogP) is 1.04. The SMILES string of the molecule is C=CC1=C(C(=O)O)N2C(=O)[C@@H](NC(=O)/C(=N/OCC(=O)O)c3csc(NC(=O)OCN=C/C=C\C(=C/C)C(=O)N(C)C)n3)[C@H]2SC1. The minimum Gasteiger partial charge on any atom is -0.479 e. The number of likely N-dealkylation sites (N-methyl/N-ethyl adjacent to an activating group) is 1. The Hall–Kier alpha value is -5.30. The number of β-lactam (4-membered cyclic amide) rings is 1. The van der Waals surface area contributed by atoms with E-state index in [4.69, 9.17) is 14.7 Å². The van der Waals surface area contributed by atoms with E-state index in [1.807, 2.05) is 0 Å². The van der Waals surface area contributed by atoms with Gasteiger partial charge in [-0.1, -0.05) is 23.9 Å². The van der Waals surface area contributed by atoms with E-state index in [9.17, 15) is 33.9 Å². The van der Waals surface area contributed by atoms with Crippen molar-refractivity contribution in [2.75, 3.05) is 38.5 Å². The first-order valence-corrected chi connectivity index (χ1v) is 15.0. The summed E-state index contributed by atoms with van der Waals surface area (Å²) in [5.74, 6) is -4.28. The standard InChI is InChI=1S/C27H29N7O10S2/c1-5-14(22(38)33(3)4)8-7-9-28-13-43-27(42)31-26-29-16(12-46-26)18(32-44-10-17(35)36)21(37)30-19-23(39)34-20(25(40)41)15(6-2)11-45-24(19)34/h5-9,12,19,24H,2,10-11,13H2,1,3-4H3,(H,30,37)(H,35,36)(H,40,41)(H,29,31,42)/b8-7-,14-5+,28-9?,32-18+/t19-,24-/m1/s1. The normalized spacial score (nSPS) is 18.2. The third kappa shape index (κ3) is 8.66. The molecule has 3 rings (SSSR count). The Bertz CT molecular complexity index is 1580. The summed E-state index contributed by atoms with van der Waals surface area (Å²) in [5.41, 5.74) is -0.0521. The maximum atomic E-state index is 13.2. The highest BCUT2D eigenvalue weighted by atomic mass is 32.2. The van der Waals surface area contributed by atoms with E-state index in [0.717, 1.165) is 16.2 Å². The van der Waals surface area contributed by atoms with Crippen LogP contribution in [-0.4, -0.2) is 117 Å². The van der Waals surface area contributed by atoms with E-state index in [1.165, 1.54) is 40.4 Å². The Balaban J connectivity index is 1.63.